The molecule has 0 unspecified atom stereocenters. The molecule has 0 bridgehead atoms. The topological polar surface area (TPSA) is 86.6 Å². The maximum atomic E-state index is 11.7. The van der Waals surface area contributed by atoms with Gasteiger partial charge >= 0.3 is 5.97 Å². The summed E-state index contributed by atoms with van der Waals surface area (Å²) in [5.74, 6) is -1.63. The summed E-state index contributed by atoms with van der Waals surface area (Å²) in [4.78, 5) is 22.9. The number of aliphatic hydroxyl groups is 1. The lowest BCUT2D eigenvalue weighted by molar-refractivity contribution is -0.139. The first-order valence-electron chi connectivity index (χ1n) is 4.55. The van der Waals surface area contributed by atoms with Crippen molar-refractivity contribution in [3.8, 4) is 0 Å². The first kappa shape index (κ1) is 14.6. The molecule has 1 amide bonds. The zero-order valence-corrected chi connectivity index (χ0v) is 12.4. The highest BCUT2D eigenvalue weighted by Gasteiger charge is 2.21. The Kier molecular flexibility index (Phi) is 5.57. The van der Waals surface area contributed by atoms with Gasteiger partial charge in [-0.05, 0) is 37.9 Å². The highest BCUT2D eigenvalue weighted by molar-refractivity contribution is 9.13. The molecule has 1 heterocycles. The number of hydrogen-bond acceptors (Lipinski definition) is 4. The Morgan fingerprint density at radius 1 is 1.47 bits per heavy atom. The summed E-state index contributed by atoms with van der Waals surface area (Å²) < 4.78 is 1.50. The number of halogens is 2. The molecule has 1 aromatic heterocycles. The number of aliphatic carboxylic acids is 1. The second-order valence-corrected chi connectivity index (χ2v) is 6.33. The Hall–Kier alpha value is -0.440. The lowest BCUT2D eigenvalue weighted by Crippen LogP contribution is -2.41. The van der Waals surface area contributed by atoms with E-state index < -0.39 is 17.9 Å². The molecule has 0 fully saturated rings. The second-order valence-electron chi connectivity index (χ2n) is 3.11. The molecule has 8 heteroatoms. The summed E-state index contributed by atoms with van der Waals surface area (Å²) >= 11 is 7.68. The number of hydrogen-bond donors (Lipinski definition) is 3. The van der Waals surface area contributed by atoms with E-state index in [4.69, 9.17) is 10.2 Å². The molecule has 0 radical (unpaired) electrons. The van der Waals surface area contributed by atoms with Crippen molar-refractivity contribution in [1.82, 2.24) is 5.32 Å². The van der Waals surface area contributed by atoms with Crippen LogP contribution in [-0.2, 0) is 4.79 Å². The molecule has 0 saturated heterocycles. The lowest BCUT2D eigenvalue weighted by atomic mass is 10.2. The van der Waals surface area contributed by atoms with Crippen molar-refractivity contribution in [2.75, 3.05) is 6.61 Å². The number of carboxylic acids is 1. The third kappa shape index (κ3) is 4.06. The number of carbonyl (C=O) groups excluding carboxylic acids is 1. The van der Waals surface area contributed by atoms with E-state index in [0.717, 1.165) is 8.26 Å². The molecule has 0 aliphatic heterocycles. The van der Waals surface area contributed by atoms with Crippen molar-refractivity contribution in [3.05, 3.63) is 19.2 Å². The van der Waals surface area contributed by atoms with Crippen LogP contribution in [0.15, 0.2) is 14.3 Å². The van der Waals surface area contributed by atoms with E-state index in [0.29, 0.717) is 4.88 Å². The van der Waals surface area contributed by atoms with E-state index in [1.165, 1.54) is 11.3 Å². The summed E-state index contributed by atoms with van der Waals surface area (Å²) in [5, 5.41) is 19.9. The zero-order valence-electron chi connectivity index (χ0n) is 8.44. The van der Waals surface area contributed by atoms with Crippen molar-refractivity contribution in [2.24, 2.45) is 0 Å². The molecule has 0 saturated carbocycles. The number of aliphatic hydroxyl groups excluding tert-OH is 1. The minimum Gasteiger partial charge on any atom is -0.480 e. The van der Waals surface area contributed by atoms with E-state index in [2.05, 4.69) is 37.2 Å². The molecule has 3 N–H and O–H groups in total. The smallest absolute Gasteiger partial charge is 0.326 e. The molecule has 0 aliphatic carbocycles. The van der Waals surface area contributed by atoms with E-state index >= 15 is 0 Å². The monoisotopic (exact) mass is 385 g/mol. The summed E-state index contributed by atoms with van der Waals surface area (Å²) in [6.07, 6.45) is -0.0191. The molecule has 0 aromatic carbocycles. The van der Waals surface area contributed by atoms with Crippen molar-refractivity contribution < 1.29 is 19.8 Å². The molecule has 1 rings (SSSR count). The fourth-order valence-electron chi connectivity index (χ4n) is 1.07. The zero-order chi connectivity index (χ0) is 13.0. The van der Waals surface area contributed by atoms with E-state index in [1.807, 2.05) is 0 Å². The predicted octanol–water partition coefficient (Wildman–Crippen LogP) is 1.84. The highest BCUT2D eigenvalue weighted by Crippen LogP contribution is 2.32. The van der Waals surface area contributed by atoms with Crippen LogP contribution >= 0.6 is 43.2 Å². The molecule has 94 valence electrons. The Morgan fingerprint density at radius 3 is 2.53 bits per heavy atom. The number of carboxylic acid groups (broad SMARTS) is 1. The van der Waals surface area contributed by atoms with E-state index in [-0.39, 0.29) is 13.0 Å². The average molecular weight is 387 g/mol. The van der Waals surface area contributed by atoms with Crippen LogP contribution in [0.4, 0.5) is 0 Å². The van der Waals surface area contributed by atoms with Gasteiger partial charge in [-0.15, -0.1) is 11.3 Å². The number of carbonyl (C=O) groups is 2. The second kappa shape index (κ2) is 6.48. The Labute approximate surface area is 118 Å². The Balaban J connectivity index is 2.73. The van der Waals surface area contributed by atoms with Gasteiger partial charge in [0.15, 0.2) is 0 Å². The first-order chi connectivity index (χ1) is 7.95. The lowest BCUT2D eigenvalue weighted by Gasteiger charge is -2.11. The van der Waals surface area contributed by atoms with Crippen LogP contribution in [0.3, 0.4) is 0 Å². The minimum atomic E-state index is -1.16. The Morgan fingerprint density at radius 2 is 2.12 bits per heavy atom. The first-order valence-corrected chi connectivity index (χ1v) is 6.95. The molecule has 1 aromatic rings. The highest BCUT2D eigenvalue weighted by atomic mass is 79.9. The maximum absolute atomic E-state index is 11.7. The van der Waals surface area contributed by atoms with Crippen LogP contribution < -0.4 is 5.32 Å². The van der Waals surface area contributed by atoms with Crippen LogP contribution in [-0.4, -0.2) is 34.7 Å². The standard InChI is InChI=1S/C9H9Br2NO4S/c10-4-3-6(17-7(4)11)8(14)12-5(1-2-13)9(15)16/h3,5,13H,1-2H2,(H,12,14)(H,15,16)/t5-/m1/s1. The summed E-state index contributed by atoms with van der Waals surface area (Å²) in [5.41, 5.74) is 0. The molecule has 0 aliphatic rings. The van der Waals surface area contributed by atoms with Crippen LogP contribution in [0.5, 0.6) is 0 Å². The van der Waals surface area contributed by atoms with Gasteiger partial charge in [-0.1, -0.05) is 0 Å². The van der Waals surface area contributed by atoms with Crippen molar-refractivity contribution >= 4 is 55.1 Å². The molecule has 1 atom stereocenters. The molecule has 17 heavy (non-hydrogen) atoms. The van der Waals surface area contributed by atoms with E-state index in [1.54, 1.807) is 6.07 Å². The third-order valence-electron chi connectivity index (χ3n) is 1.89. The van der Waals surface area contributed by atoms with Crippen molar-refractivity contribution in [1.29, 1.82) is 0 Å². The minimum absolute atomic E-state index is 0.0191. The number of amides is 1. The predicted molar refractivity (Wildman–Crippen MR) is 70.3 cm³/mol. The van der Waals surface area contributed by atoms with Gasteiger partial charge in [-0.3, -0.25) is 4.79 Å². The summed E-state index contributed by atoms with van der Waals surface area (Å²) in [6, 6.07) is 0.522. The summed E-state index contributed by atoms with van der Waals surface area (Å²) in [6.45, 7) is -0.297. The van der Waals surface area contributed by atoms with E-state index in [9.17, 15) is 9.59 Å². The molecule has 5 nitrogen and oxygen atoms in total. The largest absolute Gasteiger partial charge is 0.480 e. The fraction of sp³-hybridized carbons (Fsp3) is 0.333. The summed E-state index contributed by atoms with van der Waals surface area (Å²) in [7, 11) is 0. The van der Waals surface area contributed by atoms with Gasteiger partial charge in [0.1, 0.15) is 6.04 Å². The molecule has 0 spiro atoms. The SMILES string of the molecule is O=C(N[C@H](CCO)C(=O)O)c1cc(Br)c(Br)s1. The van der Waals surface area contributed by atoms with Crippen molar-refractivity contribution in [3.63, 3.8) is 0 Å². The van der Waals surface area contributed by atoms with Gasteiger partial charge < -0.3 is 15.5 Å². The molecular formula is C9H9Br2NO4S. The van der Waals surface area contributed by atoms with Gasteiger partial charge in [0.25, 0.3) is 5.91 Å². The van der Waals surface area contributed by atoms with Gasteiger partial charge in [-0.2, -0.15) is 0 Å². The third-order valence-corrected chi connectivity index (χ3v) is 5.15. The van der Waals surface area contributed by atoms with Crippen LogP contribution in [0.25, 0.3) is 0 Å². The quantitative estimate of drug-likeness (QED) is 0.720. The number of thiophene rings is 1. The van der Waals surface area contributed by atoms with Crippen molar-refractivity contribution in [2.45, 2.75) is 12.5 Å². The average Bonchev–Trinajstić information content (AvgIpc) is 2.58. The maximum Gasteiger partial charge on any atom is 0.326 e. The normalized spacial score (nSPS) is 12.2. The van der Waals surface area contributed by atoms with Crippen LogP contribution in [0.2, 0.25) is 0 Å². The molecular weight excluding hydrogens is 378 g/mol. The van der Waals surface area contributed by atoms with Crippen LogP contribution in [0, 0.1) is 0 Å². The Bertz CT molecular complexity index is 415. The van der Waals surface area contributed by atoms with Gasteiger partial charge in [-0.25, -0.2) is 4.79 Å². The van der Waals surface area contributed by atoms with Gasteiger partial charge in [0.2, 0.25) is 0 Å². The fourth-order valence-corrected chi connectivity index (χ4v) is 3.01. The number of rotatable bonds is 5. The van der Waals surface area contributed by atoms with Gasteiger partial charge in [0, 0.05) is 17.5 Å². The van der Waals surface area contributed by atoms with Crippen LogP contribution in [0.1, 0.15) is 16.1 Å². The van der Waals surface area contributed by atoms with Gasteiger partial charge in [0.05, 0.1) is 8.66 Å². The number of nitrogens with one attached hydrogen (secondary N) is 1.